The Balaban J connectivity index is 0.000000197. The number of benzene rings is 4. The molecule has 4 aromatic carbocycles. The van der Waals surface area contributed by atoms with Crippen molar-refractivity contribution in [1.29, 1.82) is 0 Å². The Morgan fingerprint density at radius 2 is 1.30 bits per heavy atom. The molecular weight excluding hydrogens is 997 g/mol. The van der Waals surface area contributed by atoms with Gasteiger partial charge in [0.15, 0.2) is 17.3 Å². The van der Waals surface area contributed by atoms with Gasteiger partial charge in [-0.1, -0.05) is 60.3 Å². The third-order valence-corrected chi connectivity index (χ3v) is 12.2. The number of carbonyl (C=O) groups is 8. The molecule has 2 aliphatic carbocycles. The molecule has 2 aromatic heterocycles. The minimum Gasteiger partial charge on any atom is -0.480 e. The number of ether oxygens (including phenoxy) is 1. The molecule has 2 fully saturated rings. The normalized spacial score (nSPS) is 12.7. The number of halogens is 4. The molecule has 2 aliphatic rings. The van der Waals surface area contributed by atoms with E-state index in [1.807, 2.05) is 0 Å². The van der Waals surface area contributed by atoms with Crippen LogP contribution in [0.25, 0.3) is 21.8 Å². The summed E-state index contributed by atoms with van der Waals surface area (Å²) in [6.07, 6.45) is 5.49. The number of Topliss-reactive ketones (excluding diaryl/α,β-unsaturated/α-hetero) is 2. The number of hydrogen-bond donors (Lipinski definition) is 5. The summed E-state index contributed by atoms with van der Waals surface area (Å²) in [7, 11) is 1.23. The van der Waals surface area contributed by atoms with Gasteiger partial charge in [-0.15, -0.1) is 0 Å². The zero-order chi connectivity index (χ0) is 53.1. The number of nitrogens with two attached hydrogens (primary N) is 1. The SMILES string of the molecule is CC(=O)c1nn(CC(=O)N(CC(=O)NCc2cccc(Cl)c2F)C2CC2)c2ccc(C(=O)CO)cc12.COC(=O)c1ccc2c(c1)c(C(N)=O)nn2CC(=O)O.O=C(CCC1CC1)NCc1cccc(Cl)c1F. The van der Waals surface area contributed by atoms with Crippen LogP contribution in [0.5, 0.6) is 0 Å². The van der Waals surface area contributed by atoms with Gasteiger partial charge >= 0.3 is 11.9 Å². The molecule has 0 atom stereocenters. The van der Waals surface area contributed by atoms with E-state index in [1.54, 1.807) is 24.3 Å². The number of methoxy groups -OCH3 is 1. The van der Waals surface area contributed by atoms with Crippen molar-refractivity contribution in [2.45, 2.75) is 77.7 Å². The maximum absolute atomic E-state index is 14.1. The van der Waals surface area contributed by atoms with Crippen molar-refractivity contribution in [3.8, 4) is 0 Å². The highest BCUT2D eigenvalue weighted by atomic mass is 35.5. The van der Waals surface area contributed by atoms with Crippen LogP contribution in [0.4, 0.5) is 8.78 Å². The first-order valence-electron chi connectivity index (χ1n) is 22.7. The predicted octanol–water partition coefficient (Wildman–Crippen LogP) is 5.81. The van der Waals surface area contributed by atoms with Gasteiger partial charge in [-0.05, 0) is 73.7 Å². The summed E-state index contributed by atoms with van der Waals surface area (Å²) in [4.78, 5) is 96.3. The third kappa shape index (κ3) is 14.5. The highest BCUT2D eigenvalue weighted by Gasteiger charge is 2.34. The summed E-state index contributed by atoms with van der Waals surface area (Å²) in [6.45, 7) is -0.0484. The van der Waals surface area contributed by atoms with Crippen LogP contribution in [0.15, 0.2) is 72.8 Å². The molecule has 6 aromatic rings. The molecule has 4 amide bonds. The number of fused-ring (bicyclic) bond motifs is 2. The number of aromatic nitrogens is 4. The predicted molar refractivity (Wildman–Crippen MR) is 262 cm³/mol. The summed E-state index contributed by atoms with van der Waals surface area (Å²) in [5, 5.41) is 32.2. The summed E-state index contributed by atoms with van der Waals surface area (Å²) in [5.41, 5.74) is 7.19. The lowest BCUT2D eigenvalue weighted by molar-refractivity contribution is -0.138. The Bertz CT molecular complexity index is 3120. The van der Waals surface area contributed by atoms with Gasteiger partial charge in [0.2, 0.25) is 17.7 Å². The molecule has 73 heavy (non-hydrogen) atoms. The first-order valence-corrected chi connectivity index (χ1v) is 23.5. The lowest BCUT2D eigenvalue weighted by Gasteiger charge is -2.22. The quantitative estimate of drug-likeness (QED) is 0.0474. The van der Waals surface area contributed by atoms with Crippen LogP contribution in [0.3, 0.4) is 0 Å². The van der Waals surface area contributed by atoms with Crippen LogP contribution in [0.2, 0.25) is 10.0 Å². The summed E-state index contributed by atoms with van der Waals surface area (Å²) in [6, 6.07) is 18.1. The molecule has 2 heterocycles. The van der Waals surface area contributed by atoms with E-state index in [2.05, 4.69) is 25.6 Å². The molecule has 0 saturated heterocycles. The maximum atomic E-state index is 14.1. The van der Waals surface area contributed by atoms with E-state index in [0.717, 1.165) is 29.9 Å². The Morgan fingerprint density at radius 3 is 1.82 bits per heavy atom. The van der Waals surface area contributed by atoms with Crippen molar-refractivity contribution < 1.29 is 62.1 Å². The molecule has 0 unspecified atom stereocenters. The Kier molecular flexibility index (Phi) is 18.5. The average Bonchev–Trinajstić information content (AvgIpc) is 4.32. The van der Waals surface area contributed by atoms with E-state index in [9.17, 15) is 47.1 Å². The minimum absolute atomic E-state index is 0.0173. The number of nitrogens with one attached hydrogen (secondary N) is 2. The fourth-order valence-electron chi connectivity index (χ4n) is 7.50. The molecular formula is C50H50Cl2F2N8O11. The van der Waals surface area contributed by atoms with E-state index < -0.39 is 54.3 Å². The lowest BCUT2D eigenvalue weighted by atomic mass is 10.1. The molecule has 19 nitrogen and oxygen atoms in total. The smallest absolute Gasteiger partial charge is 0.337 e. The lowest BCUT2D eigenvalue weighted by Crippen LogP contribution is -2.43. The van der Waals surface area contributed by atoms with Crippen molar-refractivity contribution in [2.24, 2.45) is 11.7 Å². The van der Waals surface area contributed by atoms with Gasteiger partial charge in [0.1, 0.15) is 37.0 Å². The van der Waals surface area contributed by atoms with Crippen molar-refractivity contribution in [3.05, 3.63) is 128 Å². The second-order valence-corrected chi connectivity index (χ2v) is 17.9. The van der Waals surface area contributed by atoms with E-state index in [1.165, 1.54) is 85.0 Å². The van der Waals surface area contributed by atoms with Crippen LogP contribution in [0, 0.1) is 17.6 Å². The summed E-state index contributed by atoms with van der Waals surface area (Å²) in [5.74, 6) is -4.47. The number of nitrogens with zero attached hydrogens (tertiary/aromatic N) is 5. The zero-order valence-electron chi connectivity index (χ0n) is 39.5. The fourth-order valence-corrected chi connectivity index (χ4v) is 7.89. The Morgan fingerprint density at radius 1 is 0.767 bits per heavy atom. The monoisotopic (exact) mass is 1050 g/mol. The third-order valence-electron chi connectivity index (χ3n) is 11.6. The number of rotatable bonds is 19. The van der Waals surface area contributed by atoms with Crippen LogP contribution >= 0.6 is 23.2 Å². The van der Waals surface area contributed by atoms with E-state index in [-0.39, 0.29) is 87.9 Å². The van der Waals surface area contributed by atoms with Gasteiger partial charge in [0.25, 0.3) is 5.91 Å². The number of aliphatic carboxylic acids is 1. The first-order chi connectivity index (χ1) is 34.8. The molecule has 0 spiro atoms. The number of carboxylic acid groups (broad SMARTS) is 1. The van der Waals surface area contributed by atoms with Gasteiger partial charge in [-0.25, -0.2) is 13.6 Å². The van der Waals surface area contributed by atoms with Crippen molar-refractivity contribution >= 4 is 92.1 Å². The molecule has 2 saturated carbocycles. The van der Waals surface area contributed by atoms with Crippen LogP contribution in [-0.2, 0) is 50.1 Å². The number of carboxylic acids is 1. The van der Waals surface area contributed by atoms with Gasteiger partial charge < -0.3 is 36.2 Å². The second-order valence-electron chi connectivity index (χ2n) is 17.1. The average molecular weight is 1050 g/mol. The molecule has 6 N–H and O–H groups in total. The minimum atomic E-state index is -1.11. The first kappa shape index (κ1) is 54.7. The molecule has 0 aliphatic heterocycles. The largest absolute Gasteiger partial charge is 0.480 e. The van der Waals surface area contributed by atoms with Crippen molar-refractivity contribution in [3.63, 3.8) is 0 Å². The molecule has 8 rings (SSSR count). The number of aliphatic hydroxyl groups excluding tert-OH is 1. The highest BCUT2D eigenvalue weighted by Crippen LogP contribution is 2.33. The number of primary amides is 1. The molecule has 0 radical (unpaired) electrons. The van der Waals surface area contributed by atoms with Gasteiger partial charge in [-0.2, -0.15) is 10.2 Å². The van der Waals surface area contributed by atoms with E-state index >= 15 is 0 Å². The summed E-state index contributed by atoms with van der Waals surface area (Å²) < 4.78 is 34.7. The standard InChI is InChI=1S/C25H24ClFN4O5.C13H15ClFNO.C12H11N3O5/c1-14(33)25-18-9-15(21(34)13-32)5-8-20(18)31(29-25)12-23(36)30(17-6-7-17)11-22(35)28-10-16-3-2-4-19(26)24(16)27;14-11-3-1-2-10(13(11)15)8-16-12(17)7-6-9-4-5-9;1-20-12(19)6-2-3-8-7(4-6)10(11(13)18)14-15(8)5-9(16)17/h2-5,8-9,17,32H,6-7,10-13H2,1H3,(H,28,35);1-3,9H,4-8H2,(H,16,17);2-4H,5H2,1H3,(H2,13,18)(H,16,17). The van der Waals surface area contributed by atoms with E-state index in [4.69, 9.17) is 39.1 Å². The van der Waals surface area contributed by atoms with Crippen molar-refractivity contribution in [1.82, 2.24) is 35.1 Å². The second kappa shape index (κ2) is 24.7. The number of aliphatic hydroxyl groups is 1. The molecule has 23 heteroatoms. The van der Waals surface area contributed by atoms with Crippen LogP contribution in [0.1, 0.15) is 98.3 Å². The Labute approximate surface area is 425 Å². The number of amides is 4. The molecule has 0 bridgehead atoms. The summed E-state index contributed by atoms with van der Waals surface area (Å²) >= 11 is 11.4. The number of carbonyl (C=O) groups excluding carboxylic acids is 7. The van der Waals surface area contributed by atoms with Crippen molar-refractivity contribution in [2.75, 3.05) is 20.3 Å². The number of hydrogen-bond acceptors (Lipinski definition) is 12. The number of ketones is 2. The van der Waals surface area contributed by atoms with Gasteiger partial charge in [0.05, 0.1) is 40.3 Å². The Hall–Kier alpha value is -7.62. The van der Waals surface area contributed by atoms with Gasteiger partial charge in [-0.3, -0.25) is 42.9 Å². The zero-order valence-corrected chi connectivity index (χ0v) is 41.0. The van der Waals surface area contributed by atoms with Gasteiger partial charge in [0, 0.05) is 59.9 Å². The number of esters is 1. The topological polar surface area (TPSA) is 275 Å². The molecule has 384 valence electrons. The highest BCUT2D eigenvalue weighted by molar-refractivity contribution is 6.31. The fraction of sp³-hybridized carbons (Fsp3) is 0.320. The van der Waals surface area contributed by atoms with Crippen LogP contribution < -0.4 is 16.4 Å². The maximum Gasteiger partial charge on any atom is 0.337 e. The van der Waals surface area contributed by atoms with E-state index in [0.29, 0.717) is 33.8 Å². The van der Waals surface area contributed by atoms with Crippen LogP contribution in [-0.4, -0.2) is 108 Å².